The lowest BCUT2D eigenvalue weighted by molar-refractivity contribution is -0.118. The van der Waals surface area contributed by atoms with Crippen LogP contribution in [-0.4, -0.2) is 21.2 Å². The second-order valence-electron chi connectivity index (χ2n) is 6.32. The van der Waals surface area contributed by atoms with Crippen molar-refractivity contribution >= 4 is 5.78 Å². The van der Waals surface area contributed by atoms with Gasteiger partial charge in [-0.2, -0.15) is 15.4 Å². The lowest BCUT2D eigenvalue weighted by Gasteiger charge is -2.02. The maximum Gasteiger partial charge on any atom is 0.138 e. The number of Topliss-reactive ketones (excluding diaryl/α,β-unsaturated/α-hetero) is 1. The molecule has 0 spiro atoms. The molecule has 0 radical (unpaired) electrons. The van der Waals surface area contributed by atoms with Crippen molar-refractivity contribution in [2.24, 2.45) is 0 Å². The monoisotopic (exact) mass is 307 g/mol. The van der Waals surface area contributed by atoms with Crippen molar-refractivity contribution in [1.29, 1.82) is 0 Å². The Morgan fingerprint density at radius 1 is 0.909 bits per heavy atom. The van der Waals surface area contributed by atoms with Crippen LogP contribution in [-0.2, 0) is 11.2 Å². The van der Waals surface area contributed by atoms with Gasteiger partial charge in [0.1, 0.15) is 5.78 Å². The van der Waals surface area contributed by atoms with Gasteiger partial charge in [0.2, 0.25) is 0 Å². The molecular formula is C18H33N3O. The first-order valence-corrected chi connectivity index (χ1v) is 9.19. The zero-order valence-electron chi connectivity index (χ0n) is 14.3. The van der Waals surface area contributed by atoms with Crippen LogP contribution in [0, 0.1) is 0 Å². The number of rotatable bonds is 15. The molecule has 4 heteroatoms. The van der Waals surface area contributed by atoms with Gasteiger partial charge in [-0.15, -0.1) is 0 Å². The van der Waals surface area contributed by atoms with Crippen LogP contribution in [0.4, 0.5) is 0 Å². The molecule has 0 amide bonds. The molecule has 0 fully saturated rings. The number of aromatic amines is 1. The molecule has 1 aromatic heterocycles. The molecule has 0 aromatic carbocycles. The van der Waals surface area contributed by atoms with Crippen LogP contribution in [0.15, 0.2) is 6.20 Å². The zero-order chi connectivity index (χ0) is 15.9. The van der Waals surface area contributed by atoms with Crippen molar-refractivity contribution in [3.63, 3.8) is 0 Å². The van der Waals surface area contributed by atoms with E-state index in [1.54, 1.807) is 6.20 Å². The largest absolute Gasteiger partial charge is 0.299 e. The highest BCUT2D eigenvalue weighted by atomic mass is 16.1. The lowest BCUT2D eigenvalue weighted by atomic mass is 10.0. The molecule has 1 N–H and O–H groups in total. The van der Waals surface area contributed by atoms with Gasteiger partial charge in [-0.05, 0) is 6.42 Å². The minimum absolute atomic E-state index is 0.279. The molecular weight excluding hydrogens is 274 g/mol. The summed E-state index contributed by atoms with van der Waals surface area (Å²) in [5.41, 5.74) is 0.754. The van der Waals surface area contributed by atoms with Gasteiger partial charge in [-0.1, -0.05) is 77.6 Å². The van der Waals surface area contributed by atoms with Crippen molar-refractivity contribution in [2.75, 3.05) is 0 Å². The summed E-state index contributed by atoms with van der Waals surface area (Å²) in [6, 6.07) is 0. The third-order valence-corrected chi connectivity index (χ3v) is 4.15. The number of carbonyl (C=O) groups is 1. The van der Waals surface area contributed by atoms with Crippen LogP contribution in [0.25, 0.3) is 0 Å². The first-order chi connectivity index (χ1) is 10.8. The quantitative estimate of drug-likeness (QED) is 0.463. The summed E-state index contributed by atoms with van der Waals surface area (Å²) < 4.78 is 0. The summed E-state index contributed by atoms with van der Waals surface area (Å²) in [5.74, 6) is 0.279. The van der Waals surface area contributed by atoms with E-state index in [0.717, 1.165) is 12.1 Å². The van der Waals surface area contributed by atoms with E-state index in [-0.39, 0.29) is 5.78 Å². The van der Waals surface area contributed by atoms with E-state index in [2.05, 4.69) is 22.3 Å². The maximum absolute atomic E-state index is 11.7. The fourth-order valence-electron chi connectivity index (χ4n) is 2.76. The highest BCUT2D eigenvalue weighted by Gasteiger charge is 2.05. The summed E-state index contributed by atoms with van der Waals surface area (Å²) in [4.78, 5) is 11.7. The van der Waals surface area contributed by atoms with Gasteiger partial charge in [0.05, 0.1) is 18.3 Å². The number of nitrogens with one attached hydrogen (secondary N) is 1. The van der Waals surface area contributed by atoms with E-state index in [4.69, 9.17) is 0 Å². The Bertz CT molecular complexity index is 362. The summed E-state index contributed by atoms with van der Waals surface area (Å²) in [6.07, 6.45) is 18.7. The molecule has 1 heterocycles. The van der Waals surface area contributed by atoms with Crippen molar-refractivity contribution < 1.29 is 4.79 Å². The predicted molar refractivity (Wildman–Crippen MR) is 90.8 cm³/mol. The molecule has 0 saturated carbocycles. The number of unbranched alkanes of at least 4 members (excludes halogenated alkanes) is 11. The van der Waals surface area contributed by atoms with Crippen LogP contribution in [0.5, 0.6) is 0 Å². The molecule has 0 unspecified atom stereocenters. The second kappa shape index (κ2) is 13.5. The summed E-state index contributed by atoms with van der Waals surface area (Å²) >= 11 is 0. The molecule has 0 aliphatic carbocycles. The van der Waals surface area contributed by atoms with Gasteiger partial charge in [-0.3, -0.25) is 4.79 Å². The Morgan fingerprint density at radius 2 is 1.45 bits per heavy atom. The van der Waals surface area contributed by atoms with Crippen LogP contribution >= 0.6 is 0 Å². The minimum Gasteiger partial charge on any atom is -0.299 e. The van der Waals surface area contributed by atoms with Crippen LogP contribution in [0.2, 0.25) is 0 Å². The Hall–Kier alpha value is -1.19. The van der Waals surface area contributed by atoms with Crippen LogP contribution < -0.4 is 0 Å². The number of carbonyl (C=O) groups excluding carboxylic acids is 1. The first kappa shape index (κ1) is 18.9. The van der Waals surface area contributed by atoms with Crippen molar-refractivity contribution in [2.45, 2.75) is 96.8 Å². The van der Waals surface area contributed by atoms with Gasteiger partial charge in [-0.25, -0.2) is 0 Å². The van der Waals surface area contributed by atoms with Crippen molar-refractivity contribution in [3.8, 4) is 0 Å². The molecule has 1 rings (SSSR count). The van der Waals surface area contributed by atoms with Gasteiger partial charge >= 0.3 is 0 Å². The number of ketones is 1. The normalized spacial score (nSPS) is 11.0. The molecule has 22 heavy (non-hydrogen) atoms. The second-order valence-corrected chi connectivity index (χ2v) is 6.32. The molecule has 0 bridgehead atoms. The smallest absolute Gasteiger partial charge is 0.138 e. The molecule has 0 saturated heterocycles. The van der Waals surface area contributed by atoms with Gasteiger partial charge in [0, 0.05) is 6.42 Å². The van der Waals surface area contributed by atoms with E-state index in [9.17, 15) is 4.79 Å². The number of H-pyrrole nitrogens is 1. The van der Waals surface area contributed by atoms with Crippen LogP contribution in [0.3, 0.4) is 0 Å². The van der Waals surface area contributed by atoms with E-state index in [1.807, 2.05) is 0 Å². The Kier molecular flexibility index (Phi) is 11.5. The molecule has 0 atom stereocenters. The zero-order valence-corrected chi connectivity index (χ0v) is 14.3. The average Bonchev–Trinajstić information content (AvgIpc) is 3.01. The highest BCUT2D eigenvalue weighted by molar-refractivity contribution is 5.80. The Morgan fingerprint density at radius 3 is 1.95 bits per heavy atom. The topological polar surface area (TPSA) is 58.6 Å². The third kappa shape index (κ3) is 10.5. The van der Waals surface area contributed by atoms with E-state index < -0.39 is 0 Å². The van der Waals surface area contributed by atoms with E-state index >= 15 is 0 Å². The third-order valence-electron chi connectivity index (χ3n) is 4.15. The van der Waals surface area contributed by atoms with E-state index in [1.165, 1.54) is 70.6 Å². The maximum atomic E-state index is 11.7. The summed E-state index contributed by atoms with van der Waals surface area (Å²) in [6.45, 7) is 2.27. The Balaban J connectivity index is 1.79. The van der Waals surface area contributed by atoms with Gasteiger partial charge in [0.25, 0.3) is 0 Å². The Labute approximate surface area is 135 Å². The summed E-state index contributed by atoms with van der Waals surface area (Å²) in [5, 5.41) is 10.2. The van der Waals surface area contributed by atoms with E-state index in [0.29, 0.717) is 12.8 Å². The number of hydrogen-bond donors (Lipinski definition) is 1. The first-order valence-electron chi connectivity index (χ1n) is 9.19. The minimum atomic E-state index is 0.279. The molecule has 126 valence electrons. The number of nitrogens with zero attached hydrogens (tertiary/aromatic N) is 2. The fraction of sp³-hybridized carbons (Fsp3) is 0.833. The van der Waals surface area contributed by atoms with Gasteiger partial charge in [0.15, 0.2) is 0 Å². The standard InChI is InChI=1S/C18H33N3O/c1-2-3-4-5-6-7-8-9-10-11-12-13-14-18(22)15-17-16-19-21-20-17/h16H,2-15H2,1H3,(H,19,20,21). The van der Waals surface area contributed by atoms with Crippen molar-refractivity contribution in [1.82, 2.24) is 15.4 Å². The predicted octanol–water partition coefficient (Wildman–Crippen LogP) is 5.01. The average molecular weight is 307 g/mol. The van der Waals surface area contributed by atoms with Crippen LogP contribution in [0.1, 0.15) is 96.1 Å². The molecule has 1 aromatic rings. The molecule has 0 aliphatic rings. The lowest BCUT2D eigenvalue weighted by Crippen LogP contribution is -2.02. The fourth-order valence-corrected chi connectivity index (χ4v) is 2.76. The van der Waals surface area contributed by atoms with Gasteiger partial charge < -0.3 is 0 Å². The number of hydrogen-bond acceptors (Lipinski definition) is 3. The molecule has 0 aliphatic heterocycles. The number of aromatic nitrogens is 3. The SMILES string of the molecule is CCCCCCCCCCCCCCC(=O)Cc1cn[nH]n1. The molecule has 4 nitrogen and oxygen atoms in total. The highest BCUT2D eigenvalue weighted by Crippen LogP contribution is 2.12. The summed E-state index contributed by atoms with van der Waals surface area (Å²) in [7, 11) is 0. The van der Waals surface area contributed by atoms with Crippen molar-refractivity contribution in [3.05, 3.63) is 11.9 Å².